The number of nitrogens with one attached hydrogen (secondary N) is 1. The Morgan fingerprint density at radius 2 is 1.74 bits per heavy atom. The van der Waals surface area contributed by atoms with Gasteiger partial charge in [-0.25, -0.2) is 4.39 Å². The zero-order valence-electron chi connectivity index (χ0n) is 16.6. The number of carbonyl (C=O) groups is 1. The molecule has 35 heavy (non-hydrogen) atoms. The number of benzene rings is 2. The molecule has 0 aliphatic rings. The van der Waals surface area contributed by atoms with E-state index in [9.17, 15) is 45.1 Å². The van der Waals surface area contributed by atoms with Crippen LogP contribution in [0, 0.1) is 8.78 Å². The van der Waals surface area contributed by atoms with Crippen LogP contribution < -0.4 is 14.8 Å². The molecule has 5 nitrogen and oxygen atoms in total. The first-order chi connectivity index (χ1) is 16.1. The minimum absolute atomic E-state index is 0.00140. The first-order valence-corrected chi connectivity index (χ1v) is 11.0. The SMILES string of the molecule is O=C(Nc1c(I)cc(C(F)(C(F)(F)F)C(F)(F)Br)cc1OC(F)F)c1ccc2ccc[n+]([O-])c2c1. The normalized spacial score (nSPS) is 14.1. The smallest absolute Gasteiger partial charge is 0.433 e. The van der Waals surface area contributed by atoms with Gasteiger partial charge in [0.1, 0.15) is 0 Å². The fourth-order valence-corrected chi connectivity index (χ4v) is 4.28. The lowest BCUT2D eigenvalue weighted by Crippen LogP contribution is -2.49. The van der Waals surface area contributed by atoms with E-state index in [1.54, 1.807) is 6.07 Å². The fourth-order valence-electron chi connectivity index (χ4n) is 3.09. The highest BCUT2D eigenvalue weighted by molar-refractivity contribution is 14.1. The number of hydrogen-bond acceptors (Lipinski definition) is 3. The maximum Gasteiger partial charge on any atom is 0.433 e. The molecule has 1 unspecified atom stereocenters. The lowest BCUT2D eigenvalue weighted by molar-refractivity contribution is -0.577. The summed E-state index contributed by atoms with van der Waals surface area (Å²) in [7, 11) is 0. The van der Waals surface area contributed by atoms with Gasteiger partial charge >= 0.3 is 23.3 Å². The predicted molar refractivity (Wildman–Crippen MR) is 119 cm³/mol. The van der Waals surface area contributed by atoms with Crippen LogP contribution in [0.5, 0.6) is 5.75 Å². The average Bonchev–Trinajstić information content (AvgIpc) is 2.73. The summed E-state index contributed by atoms with van der Waals surface area (Å²) in [4.78, 5) is 7.52. The highest BCUT2D eigenvalue weighted by atomic mass is 127. The highest BCUT2D eigenvalue weighted by Gasteiger charge is 2.71. The minimum atomic E-state index is -6.17. The summed E-state index contributed by atoms with van der Waals surface area (Å²) in [6, 6.07) is 7.17. The van der Waals surface area contributed by atoms with Crippen molar-refractivity contribution in [1.29, 1.82) is 0 Å². The van der Waals surface area contributed by atoms with Gasteiger partial charge in [0, 0.05) is 32.2 Å². The van der Waals surface area contributed by atoms with Crippen molar-refractivity contribution >= 4 is 61.0 Å². The van der Waals surface area contributed by atoms with Gasteiger partial charge in [0.25, 0.3) is 5.91 Å². The summed E-state index contributed by atoms with van der Waals surface area (Å²) in [5.74, 6) is -2.20. The van der Waals surface area contributed by atoms with E-state index in [-0.39, 0.29) is 17.1 Å². The van der Waals surface area contributed by atoms with Crippen LogP contribution in [0.2, 0.25) is 0 Å². The van der Waals surface area contributed by atoms with Crippen molar-refractivity contribution in [2.24, 2.45) is 0 Å². The summed E-state index contributed by atoms with van der Waals surface area (Å²) in [5, 5.41) is 14.5. The van der Waals surface area contributed by atoms with Crippen LogP contribution >= 0.6 is 38.5 Å². The third-order valence-corrected chi connectivity index (χ3v) is 6.11. The van der Waals surface area contributed by atoms with E-state index in [0.29, 0.717) is 16.2 Å². The Balaban J connectivity index is 2.10. The predicted octanol–water partition coefficient (Wildman–Crippen LogP) is 6.65. The summed E-state index contributed by atoms with van der Waals surface area (Å²) in [5.41, 5.74) is -7.80. The molecule has 188 valence electrons. The molecule has 0 saturated carbocycles. The van der Waals surface area contributed by atoms with E-state index in [4.69, 9.17) is 0 Å². The first kappa shape index (κ1) is 27.2. The molecular weight excluding hydrogens is 675 g/mol. The summed E-state index contributed by atoms with van der Waals surface area (Å²) < 4.78 is 112. The lowest BCUT2D eigenvalue weighted by atomic mass is 9.94. The molecule has 2 aromatic carbocycles. The van der Waals surface area contributed by atoms with Gasteiger partial charge in [0.05, 0.1) is 5.69 Å². The molecule has 0 fully saturated rings. The lowest BCUT2D eigenvalue weighted by Gasteiger charge is -2.32. The molecule has 3 rings (SSSR count). The fraction of sp³-hybridized carbons (Fsp3) is 0.200. The quantitative estimate of drug-likeness (QED) is 0.104. The molecule has 0 saturated heterocycles. The average molecular weight is 685 g/mol. The van der Waals surface area contributed by atoms with Crippen LogP contribution in [-0.4, -0.2) is 23.5 Å². The number of anilines is 1. The number of fused-ring (bicyclic) bond motifs is 1. The minimum Gasteiger partial charge on any atom is -0.618 e. The monoisotopic (exact) mass is 684 g/mol. The number of carbonyl (C=O) groups excluding carboxylic acids is 1. The zero-order chi connectivity index (χ0) is 26.3. The molecule has 1 aromatic heterocycles. The number of rotatable bonds is 6. The van der Waals surface area contributed by atoms with Crippen LogP contribution in [0.25, 0.3) is 10.9 Å². The third-order valence-electron chi connectivity index (χ3n) is 4.71. The van der Waals surface area contributed by atoms with Gasteiger partial charge in [-0.2, -0.15) is 35.5 Å². The summed E-state index contributed by atoms with van der Waals surface area (Å²) >= 11 is 2.61. The summed E-state index contributed by atoms with van der Waals surface area (Å²) in [6.45, 7) is -3.67. The molecule has 1 atom stereocenters. The van der Waals surface area contributed by atoms with Crippen molar-refractivity contribution in [3.05, 3.63) is 68.6 Å². The van der Waals surface area contributed by atoms with Gasteiger partial charge in [0.2, 0.25) is 5.52 Å². The Morgan fingerprint density at radius 1 is 1.09 bits per heavy atom. The largest absolute Gasteiger partial charge is 0.618 e. The van der Waals surface area contributed by atoms with Crippen molar-refractivity contribution in [2.75, 3.05) is 5.32 Å². The van der Waals surface area contributed by atoms with E-state index in [2.05, 4.69) is 10.1 Å². The van der Waals surface area contributed by atoms with Crippen LogP contribution in [0.15, 0.2) is 48.7 Å². The Morgan fingerprint density at radius 3 is 2.31 bits per heavy atom. The van der Waals surface area contributed by atoms with Gasteiger partial charge in [-0.3, -0.25) is 4.79 Å². The van der Waals surface area contributed by atoms with Gasteiger partial charge in [0.15, 0.2) is 11.9 Å². The number of alkyl halides is 9. The Kier molecular flexibility index (Phi) is 7.41. The van der Waals surface area contributed by atoms with Gasteiger partial charge in [-0.1, -0.05) is 0 Å². The van der Waals surface area contributed by atoms with Gasteiger partial charge in [-0.05, 0) is 68.9 Å². The molecule has 0 spiro atoms. The van der Waals surface area contributed by atoms with Crippen LogP contribution in [0.1, 0.15) is 15.9 Å². The van der Waals surface area contributed by atoms with Crippen LogP contribution in [-0.2, 0) is 5.67 Å². The topological polar surface area (TPSA) is 65.3 Å². The number of halogens is 10. The van der Waals surface area contributed by atoms with Gasteiger partial charge in [-0.15, -0.1) is 0 Å². The van der Waals surface area contributed by atoms with Crippen molar-refractivity contribution < 1.29 is 49.4 Å². The molecule has 1 amide bonds. The maximum atomic E-state index is 14.8. The highest BCUT2D eigenvalue weighted by Crippen LogP contribution is 2.56. The van der Waals surface area contributed by atoms with Crippen LogP contribution in [0.4, 0.5) is 40.8 Å². The number of aromatic nitrogens is 1. The maximum absolute atomic E-state index is 14.8. The van der Waals surface area contributed by atoms with E-state index in [0.717, 1.165) is 12.3 Å². The second-order valence-electron chi connectivity index (χ2n) is 6.93. The van der Waals surface area contributed by atoms with Crippen molar-refractivity contribution in [3.63, 3.8) is 0 Å². The molecule has 0 bridgehead atoms. The molecular formula is C20H10BrF8IN2O3. The molecule has 0 aliphatic carbocycles. The first-order valence-electron chi connectivity index (χ1n) is 9.10. The van der Waals surface area contributed by atoms with Crippen molar-refractivity contribution in [2.45, 2.75) is 23.3 Å². The zero-order valence-corrected chi connectivity index (χ0v) is 20.4. The number of pyridine rings is 1. The molecule has 0 radical (unpaired) electrons. The van der Waals surface area contributed by atoms with Crippen LogP contribution in [0.3, 0.4) is 0 Å². The van der Waals surface area contributed by atoms with Crippen molar-refractivity contribution in [3.8, 4) is 5.75 Å². The Hall–Kier alpha value is -2.43. The molecule has 0 aliphatic heterocycles. The van der Waals surface area contributed by atoms with E-state index in [1.807, 2.05) is 0 Å². The Bertz CT molecular complexity index is 1270. The Labute approximate surface area is 212 Å². The molecule has 15 heteroatoms. The molecule has 1 heterocycles. The molecule has 1 N–H and O–H groups in total. The number of ether oxygens (including phenoxy) is 1. The second-order valence-corrected chi connectivity index (χ2v) is 9.08. The van der Waals surface area contributed by atoms with E-state index in [1.165, 1.54) is 56.7 Å². The third kappa shape index (κ3) is 5.24. The number of hydrogen-bond donors (Lipinski definition) is 1. The number of amides is 1. The van der Waals surface area contributed by atoms with Gasteiger partial charge < -0.3 is 15.3 Å². The van der Waals surface area contributed by atoms with E-state index < -0.39 is 49.8 Å². The molecule has 3 aromatic rings. The van der Waals surface area contributed by atoms with Crippen molar-refractivity contribution in [1.82, 2.24) is 0 Å². The second kappa shape index (κ2) is 9.55. The standard InChI is InChI=1S/C20H10BrF8IN2O3/c21-19(25,26)18(24,20(27,28)29)11-7-12(30)15(14(8-11)35-17(22)23)31-16(33)10-4-3-9-2-1-5-32(34)13(9)6-10/h1-8,17H,(H,31,33). The van der Waals surface area contributed by atoms with E-state index >= 15 is 0 Å². The number of nitrogens with zero attached hydrogens (tertiary/aromatic N) is 1. The summed E-state index contributed by atoms with van der Waals surface area (Å²) in [6.07, 6.45) is -5.02.